The van der Waals surface area contributed by atoms with Crippen molar-refractivity contribution in [2.24, 2.45) is 0 Å². The molecule has 126 valence electrons. The lowest BCUT2D eigenvalue weighted by molar-refractivity contribution is 0.0956. The molecule has 0 bridgehead atoms. The fourth-order valence-corrected chi connectivity index (χ4v) is 3.21. The van der Waals surface area contributed by atoms with Crippen LogP contribution in [0.3, 0.4) is 0 Å². The minimum absolute atomic E-state index is 0.100. The number of benzene rings is 1. The number of hydrogen-bond acceptors (Lipinski definition) is 3. The van der Waals surface area contributed by atoms with Crippen molar-refractivity contribution < 1.29 is 9.21 Å². The summed E-state index contributed by atoms with van der Waals surface area (Å²) in [6.07, 6.45) is 3.63. The second-order valence-electron chi connectivity index (χ2n) is 6.12. The van der Waals surface area contributed by atoms with E-state index in [4.69, 9.17) is 4.42 Å². The Kier molecular flexibility index (Phi) is 3.98. The normalized spacial score (nSPS) is 13.5. The average Bonchev–Trinajstić information content (AvgIpc) is 3.11. The number of furan rings is 1. The van der Waals surface area contributed by atoms with E-state index >= 15 is 0 Å². The number of amides is 1. The van der Waals surface area contributed by atoms with Crippen LogP contribution in [0.25, 0.3) is 0 Å². The van der Waals surface area contributed by atoms with Gasteiger partial charge < -0.3 is 13.9 Å². The molecule has 2 aromatic heterocycles. The lowest BCUT2D eigenvalue weighted by Crippen LogP contribution is -2.35. The van der Waals surface area contributed by atoms with Crippen molar-refractivity contribution >= 4 is 11.6 Å². The molecule has 0 spiro atoms. The van der Waals surface area contributed by atoms with Crippen LogP contribution in [-0.2, 0) is 13.0 Å². The van der Waals surface area contributed by atoms with E-state index in [1.807, 2.05) is 18.2 Å². The Bertz CT molecular complexity index is 971. The maximum absolute atomic E-state index is 12.9. The van der Waals surface area contributed by atoms with Gasteiger partial charge in [0.05, 0.1) is 6.54 Å². The Balaban J connectivity index is 1.58. The van der Waals surface area contributed by atoms with Gasteiger partial charge in [0.1, 0.15) is 5.76 Å². The van der Waals surface area contributed by atoms with E-state index in [2.05, 4.69) is 6.07 Å². The highest BCUT2D eigenvalue weighted by Crippen LogP contribution is 2.28. The topological polar surface area (TPSA) is 55.5 Å². The van der Waals surface area contributed by atoms with Crippen molar-refractivity contribution in [2.75, 3.05) is 11.4 Å². The van der Waals surface area contributed by atoms with Crippen LogP contribution in [0.5, 0.6) is 0 Å². The van der Waals surface area contributed by atoms with Crippen LogP contribution in [-0.4, -0.2) is 17.0 Å². The van der Waals surface area contributed by atoms with Crippen LogP contribution in [0.2, 0.25) is 0 Å². The molecule has 0 atom stereocenters. The molecule has 3 heterocycles. The van der Waals surface area contributed by atoms with E-state index in [1.165, 1.54) is 11.6 Å². The molecule has 3 aromatic rings. The van der Waals surface area contributed by atoms with E-state index in [0.717, 1.165) is 18.5 Å². The van der Waals surface area contributed by atoms with Crippen molar-refractivity contribution in [1.82, 2.24) is 4.57 Å². The van der Waals surface area contributed by atoms with Crippen molar-refractivity contribution in [2.45, 2.75) is 19.4 Å². The highest BCUT2D eigenvalue weighted by atomic mass is 16.4. The highest BCUT2D eigenvalue weighted by Gasteiger charge is 2.25. The third kappa shape index (κ3) is 3.01. The number of rotatable bonds is 3. The molecule has 5 nitrogen and oxygen atoms in total. The van der Waals surface area contributed by atoms with Gasteiger partial charge in [-0.25, -0.2) is 0 Å². The zero-order valence-corrected chi connectivity index (χ0v) is 13.7. The summed E-state index contributed by atoms with van der Waals surface area (Å²) in [5.74, 6) is 0.747. The van der Waals surface area contributed by atoms with E-state index in [0.29, 0.717) is 24.6 Å². The number of hydrogen-bond donors (Lipinski definition) is 0. The third-order valence-corrected chi connectivity index (χ3v) is 4.45. The number of aromatic nitrogens is 1. The van der Waals surface area contributed by atoms with Gasteiger partial charge in [0, 0.05) is 24.5 Å². The van der Waals surface area contributed by atoms with Crippen LogP contribution in [0.1, 0.15) is 28.3 Å². The zero-order valence-electron chi connectivity index (χ0n) is 13.7. The molecule has 1 amide bonds. The van der Waals surface area contributed by atoms with Crippen molar-refractivity contribution in [3.63, 3.8) is 0 Å². The second-order valence-corrected chi connectivity index (χ2v) is 6.12. The van der Waals surface area contributed by atoms with Crippen LogP contribution in [0.4, 0.5) is 5.69 Å². The summed E-state index contributed by atoms with van der Waals surface area (Å²) < 4.78 is 7.27. The van der Waals surface area contributed by atoms with Gasteiger partial charge in [-0.15, -0.1) is 0 Å². The molecule has 0 aliphatic carbocycles. The minimum Gasteiger partial charge on any atom is -0.454 e. The molecule has 4 rings (SSSR count). The Morgan fingerprint density at radius 1 is 1.04 bits per heavy atom. The van der Waals surface area contributed by atoms with Gasteiger partial charge in [-0.2, -0.15) is 0 Å². The van der Waals surface area contributed by atoms with Gasteiger partial charge in [0.15, 0.2) is 5.76 Å². The Labute approximate surface area is 145 Å². The number of fused-ring (bicyclic) bond motifs is 1. The first kappa shape index (κ1) is 15.4. The third-order valence-electron chi connectivity index (χ3n) is 4.45. The summed E-state index contributed by atoms with van der Waals surface area (Å²) in [7, 11) is 0. The summed E-state index contributed by atoms with van der Waals surface area (Å²) in [4.78, 5) is 26.4. The van der Waals surface area contributed by atoms with Gasteiger partial charge in [0.2, 0.25) is 0 Å². The largest absolute Gasteiger partial charge is 0.454 e. The fourth-order valence-electron chi connectivity index (χ4n) is 3.21. The molecule has 0 fully saturated rings. The number of carbonyl (C=O) groups excluding carboxylic acids is 1. The molecular weight excluding hydrogens is 316 g/mol. The van der Waals surface area contributed by atoms with Crippen LogP contribution < -0.4 is 10.5 Å². The van der Waals surface area contributed by atoms with Gasteiger partial charge >= 0.3 is 0 Å². The summed E-state index contributed by atoms with van der Waals surface area (Å²) >= 11 is 0. The number of aryl methyl sites for hydroxylation is 1. The Morgan fingerprint density at radius 3 is 2.76 bits per heavy atom. The van der Waals surface area contributed by atoms with Crippen molar-refractivity contribution in [3.8, 4) is 0 Å². The summed E-state index contributed by atoms with van der Waals surface area (Å²) in [5, 5.41) is 0. The second kappa shape index (κ2) is 6.43. The SMILES string of the molecule is O=C(c1ccc(Cn2ccccc2=O)o1)N1CCCc2ccccc21. The maximum Gasteiger partial charge on any atom is 0.293 e. The number of pyridine rings is 1. The van der Waals surface area contributed by atoms with Crippen LogP contribution >= 0.6 is 0 Å². The molecule has 25 heavy (non-hydrogen) atoms. The van der Waals surface area contributed by atoms with E-state index in [9.17, 15) is 9.59 Å². The molecule has 0 saturated heterocycles. The molecule has 0 saturated carbocycles. The lowest BCUT2D eigenvalue weighted by atomic mass is 10.0. The van der Waals surface area contributed by atoms with Crippen LogP contribution in [0, 0.1) is 0 Å². The van der Waals surface area contributed by atoms with Crippen LogP contribution in [0.15, 0.2) is 70.0 Å². The van der Waals surface area contributed by atoms with Gasteiger partial charge in [-0.3, -0.25) is 9.59 Å². The number of para-hydroxylation sites is 1. The molecule has 0 N–H and O–H groups in total. The van der Waals surface area contributed by atoms with Gasteiger partial charge in [-0.05, 0) is 42.7 Å². The highest BCUT2D eigenvalue weighted by molar-refractivity contribution is 6.04. The van der Waals surface area contributed by atoms with E-state index < -0.39 is 0 Å². The molecule has 1 aliphatic heterocycles. The fraction of sp³-hybridized carbons (Fsp3) is 0.200. The molecule has 1 aliphatic rings. The zero-order chi connectivity index (χ0) is 17.2. The average molecular weight is 334 g/mol. The number of carbonyl (C=O) groups is 1. The monoisotopic (exact) mass is 334 g/mol. The molecule has 5 heteroatoms. The van der Waals surface area contributed by atoms with E-state index in [-0.39, 0.29) is 11.5 Å². The van der Waals surface area contributed by atoms with Crippen molar-refractivity contribution in [1.29, 1.82) is 0 Å². The van der Waals surface area contributed by atoms with E-state index in [1.54, 1.807) is 39.9 Å². The molecular formula is C20H18N2O3. The summed E-state index contributed by atoms with van der Waals surface area (Å²) in [5.41, 5.74) is 2.04. The predicted molar refractivity (Wildman–Crippen MR) is 95.0 cm³/mol. The molecule has 1 aromatic carbocycles. The minimum atomic E-state index is -0.140. The standard InChI is InChI=1S/C20H18N2O3/c23-19-9-3-4-12-21(19)14-16-10-11-18(25-16)20(24)22-13-5-7-15-6-1-2-8-17(15)22/h1-4,6,8-12H,5,7,13-14H2. The first-order chi connectivity index (χ1) is 12.2. The number of nitrogens with zero attached hydrogens (tertiary/aromatic N) is 2. The first-order valence-electron chi connectivity index (χ1n) is 8.36. The maximum atomic E-state index is 12.9. The van der Waals surface area contributed by atoms with Gasteiger partial charge in [-0.1, -0.05) is 24.3 Å². The summed E-state index contributed by atoms with van der Waals surface area (Å²) in [6.45, 7) is 0.994. The quantitative estimate of drug-likeness (QED) is 0.740. The lowest BCUT2D eigenvalue weighted by Gasteiger charge is -2.28. The Morgan fingerprint density at radius 2 is 1.88 bits per heavy atom. The summed E-state index contributed by atoms with van der Waals surface area (Å²) in [6, 6.07) is 16.4. The predicted octanol–water partition coefficient (Wildman–Crippen LogP) is 3.08. The smallest absolute Gasteiger partial charge is 0.293 e. The van der Waals surface area contributed by atoms with Gasteiger partial charge in [0.25, 0.3) is 11.5 Å². The number of anilines is 1. The molecule has 0 radical (unpaired) electrons. The van der Waals surface area contributed by atoms with Crippen molar-refractivity contribution in [3.05, 3.63) is 88.2 Å². The molecule has 0 unspecified atom stereocenters. The Hall–Kier alpha value is -3.08. The first-order valence-corrected chi connectivity index (χ1v) is 8.36.